The highest BCUT2D eigenvalue weighted by atomic mass is 32.2. The Morgan fingerprint density at radius 1 is 1.04 bits per heavy atom. The highest BCUT2D eigenvalue weighted by Crippen LogP contribution is 2.18. The van der Waals surface area contributed by atoms with Gasteiger partial charge in [-0.25, -0.2) is 8.42 Å². The Hall–Kier alpha value is -1.92. The lowest BCUT2D eigenvalue weighted by Crippen LogP contribution is -2.44. The van der Waals surface area contributed by atoms with Gasteiger partial charge in [0.2, 0.25) is 5.91 Å². The first-order valence-corrected chi connectivity index (χ1v) is 10.0. The first kappa shape index (κ1) is 16.9. The van der Waals surface area contributed by atoms with Gasteiger partial charge in [0.25, 0.3) is 0 Å². The lowest BCUT2D eigenvalue weighted by atomic mass is 10.0. The molecule has 0 radical (unpaired) electrons. The van der Waals surface area contributed by atoms with Crippen molar-refractivity contribution in [2.75, 3.05) is 37.7 Å². The van der Waals surface area contributed by atoms with Gasteiger partial charge in [0.1, 0.15) is 0 Å². The number of rotatable bonds is 5. The molecule has 1 aliphatic rings. The van der Waals surface area contributed by atoms with Crippen molar-refractivity contribution in [2.24, 2.45) is 0 Å². The van der Waals surface area contributed by atoms with Crippen LogP contribution in [0.4, 0.5) is 0 Å². The normalized spacial score (nSPS) is 17.7. The van der Waals surface area contributed by atoms with Crippen LogP contribution in [0.1, 0.15) is 5.56 Å². The molecule has 128 valence electrons. The van der Waals surface area contributed by atoms with E-state index in [2.05, 4.69) is 10.2 Å². The van der Waals surface area contributed by atoms with Crippen LogP contribution in [0.3, 0.4) is 0 Å². The smallest absolute Gasteiger partial charge is 0.224 e. The highest BCUT2D eigenvalue weighted by molar-refractivity contribution is 7.91. The van der Waals surface area contributed by atoms with E-state index in [4.69, 9.17) is 0 Å². The number of carbonyl (C=O) groups is 1. The average molecular weight is 346 g/mol. The van der Waals surface area contributed by atoms with Gasteiger partial charge in [0.15, 0.2) is 9.84 Å². The third-order valence-corrected chi connectivity index (χ3v) is 6.03. The maximum atomic E-state index is 12.2. The topological polar surface area (TPSA) is 66.5 Å². The number of fused-ring (bicyclic) bond motifs is 1. The third kappa shape index (κ3) is 4.33. The largest absolute Gasteiger partial charge is 0.355 e. The molecule has 2 aromatic carbocycles. The van der Waals surface area contributed by atoms with Crippen LogP contribution in [-0.2, 0) is 21.1 Å². The number of amides is 1. The Kier molecular flexibility index (Phi) is 5.16. The van der Waals surface area contributed by atoms with Crippen molar-refractivity contribution in [1.29, 1.82) is 0 Å². The van der Waals surface area contributed by atoms with E-state index in [0.717, 1.165) is 16.3 Å². The molecule has 2 aromatic rings. The van der Waals surface area contributed by atoms with Gasteiger partial charge in [0, 0.05) is 26.2 Å². The minimum absolute atomic E-state index is 0.00372. The number of sulfone groups is 1. The molecule has 1 heterocycles. The Labute approximate surface area is 142 Å². The molecule has 1 N–H and O–H groups in total. The van der Waals surface area contributed by atoms with Crippen LogP contribution in [0, 0.1) is 0 Å². The second kappa shape index (κ2) is 7.32. The van der Waals surface area contributed by atoms with E-state index < -0.39 is 9.84 Å². The molecule has 3 rings (SSSR count). The van der Waals surface area contributed by atoms with Crippen molar-refractivity contribution in [3.8, 4) is 0 Å². The molecular formula is C18H22N2O3S. The molecule has 0 unspecified atom stereocenters. The summed E-state index contributed by atoms with van der Waals surface area (Å²) < 4.78 is 22.8. The van der Waals surface area contributed by atoms with E-state index in [-0.39, 0.29) is 17.4 Å². The van der Waals surface area contributed by atoms with Gasteiger partial charge in [-0.05, 0) is 16.3 Å². The quantitative estimate of drug-likeness (QED) is 0.884. The van der Waals surface area contributed by atoms with Crippen LogP contribution >= 0.6 is 0 Å². The fourth-order valence-electron chi connectivity index (χ4n) is 3.01. The van der Waals surface area contributed by atoms with Crippen molar-refractivity contribution in [3.63, 3.8) is 0 Å². The Bertz CT molecular complexity index is 814. The number of hydrogen-bond donors (Lipinski definition) is 1. The fraction of sp³-hybridized carbons (Fsp3) is 0.389. The summed E-state index contributed by atoms with van der Waals surface area (Å²) in [6.45, 7) is 2.35. The monoisotopic (exact) mass is 346 g/mol. The summed E-state index contributed by atoms with van der Waals surface area (Å²) >= 11 is 0. The molecule has 1 saturated heterocycles. The van der Waals surface area contributed by atoms with E-state index in [9.17, 15) is 13.2 Å². The Balaban J connectivity index is 1.49. The summed E-state index contributed by atoms with van der Waals surface area (Å²) in [4.78, 5) is 14.3. The summed E-state index contributed by atoms with van der Waals surface area (Å²) in [7, 11) is -2.85. The van der Waals surface area contributed by atoms with Gasteiger partial charge in [-0.2, -0.15) is 0 Å². The SMILES string of the molecule is O=C(Cc1cccc2ccccc12)NCCN1CCS(=O)(=O)CC1. The second-order valence-corrected chi connectivity index (χ2v) is 8.46. The molecule has 1 fully saturated rings. The van der Waals surface area contributed by atoms with E-state index in [1.165, 1.54) is 0 Å². The Morgan fingerprint density at radius 2 is 1.75 bits per heavy atom. The molecule has 1 amide bonds. The zero-order chi connectivity index (χ0) is 17.0. The van der Waals surface area contributed by atoms with Crippen molar-refractivity contribution >= 4 is 26.5 Å². The van der Waals surface area contributed by atoms with E-state index in [1.54, 1.807) is 0 Å². The molecule has 0 atom stereocenters. The first-order valence-electron chi connectivity index (χ1n) is 8.20. The van der Waals surface area contributed by atoms with Gasteiger partial charge < -0.3 is 5.32 Å². The van der Waals surface area contributed by atoms with Gasteiger partial charge in [-0.3, -0.25) is 9.69 Å². The van der Waals surface area contributed by atoms with Crippen molar-refractivity contribution in [1.82, 2.24) is 10.2 Å². The van der Waals surface area contributed by atoms with Crippen LogP contribution in [0.15, 0.2) is 42.5 Å². The highest BCUT2D eigenvalue weighted by Gasteiger charge is 2.21. The molecule has 0 aromatic heterocycles. The maximum absolute atomic E-state index is 12.2. The van der Waals surface area contributed by atoms with Crippen LogP contribution in [0.5, 0.6) is 0 Å². The first-order chi connectivity index (χ1) is 11.5. The molecule has 1 aliphatic heterocycles. The minimum Gasteiger partial charge on any atom is -0.355 e. The molecule has 6 heteroatoms. The van der Waals surface area contributed by atoms with Gasteiger partial charge >= 0.3 is 0 Å². The van der Waals surface area contributed by atoms with Crippen LogP contribution in [-0.4, -0.2) is 56.9 Å². The number of nitrogens with zero attached hydrogens (tertiary/aromatic N) is 1. The molecule has 0 saturated carbocycles. The standard InChI is InChI=1S/C18H22N2O3S/c21-18(19-8-9-20-10-12-24(22,23)13-11-20)14-16-6-3-5-15-4-1-2-7-17(15)16/h1-7H,8-14H2,(H,19,21). The van der Waals surface area contributed by atoms with Gasteiger partial charge in [-0.1, -0.05) is 42.5 Å². The number of carbonyl (C=O) groups excluding carboxylic acids is 1. The van der Waals surface area contributed by atoms with Crippen LogP contribution < -0.4 is 5.32 Å². The van der Waals surface area contributed by atoms with Crippen molar-refractivity contribution < 1.29 is 13.2 Å². The van der Waals surface area contributed by atoms with E-state index in [0.29, 0.717) is 32.6 Å². The fourth-order valence-corrected chi connectivity index (χ4v) is 4.29. The summed E-state index contributed by atoms with van der Waals surface area (Å²) in [5.41, 5.74) is 1.02. The number of benzene rings is 2. The number of hydrogen-bond acceptors (Lipinski definition) is 4. The lowest BCUT2D eigenvalue weighted by molar-refractivity contribution is -0.120. The van der Waals surface area contributed by atoms with Gasteiger partial charge in [-0.15, -0.1) is 0 Å². The maximum Gasteiger partial charge on any atom is 0.224 e. The van der Waals surface area contributed by atoms with E-state index >= 15 is 0 Å². The predicted molar refractivity (Wildman–Crippen MR) is 95.8 cm³/mol. The van der Waals surface area contributed by atoms with Crippen LogP contribution in [0.25, 0.3) is 10.8 Å². The lowest BCUT2D eigenvalue weighted by Gasteiger charge is -2.26. The average Bonchev–Trinajstić information content (AvgIpc) is 2.57. The van der Waals surface area contributed by atoms with Crippen molar-refractivity contribution in [3.05, 3.63) is 48.0 Å². The molecule has 24 heavy (non-hydrogen) atoms. The second-order valence-electron chi connectivity index (χ2n) is 6.16. The van der Waals surface area contributed by atoms with Crippen molar-refractivity contribution in [2.45, 2.75) is 6.42 Å². The Morgan fingerprint density at radius 3 is 2.54 bits per heavy atom. The predicted octanol–water partition coefficient (Wildman–Crippen LogP) is 1.23. The van der Waals surface area contributed by atoms with Crippen LogP contribution in [0.2, 0.25) is 0 Å². The number of nitrogens with one attached hydrogen (secondary N) is 1. The summed E-state index contributed by atoms with van der Waals surface area (Å²) in [6, 6.07) is 14.0. The van der Waals surface area contributed by atoms with Gasteiger partial charge in [0.05, 0.1) is 17.9 Å². The molecule has 0 bridgehead atoms. The molecular weight excluding hydrogens is 324 g/mol. The molecule has 0 aliphatic carbocycles. The zero-order valence-electron chi connectivity index (χ0n) is 13.6. The zero-order valence-corrected chi connectivity index (χ0v) is 14.4. The minimum atomic E-state index is -2.85. The molecule has 0 spiro atoms. The molecule has 5 nitrogen and oxygen atoms in total. The summed E-state index contributed by atoms with van der Waals surface area (Å²) in [5, 5.41) is 5.18. The van der Waals surface area contributed by atoms with E-state index in [1.807, 2.05) is 42.5 Å². The summed E-state index contributed by atoms with van der Waals surface area (Å²) in [5.74, 6) is 0.435. The summed E-state index contributed by atoms with van der Waals surface area (Å²) in [6.07, 6.45) is 0.357. The third-order valence-electron chi connectivity index (χ3n) is 4.42.